The average Bonchev–Trinajstić information content (AvgIpc) is 2.82. The molecule has 2 aromatic rings. The molecule has 1 aromatic heterocycles. The zero-order valence-corrected chi connectivity index (χ0v) is 12.5. The number of rotatable bonds is 7. The number of nitrogens with zero attached hydrogens (tertiary/aromatic N) is 2. The molecular weight excluding hydrogens is 268 g/mol. The summed E-state index contributed by atoms with van der Waals surface area (Å²) in [4.78, 5) is 15.7. The standard InChI is InChI=1S/C16H22N2O3/c1-3-5-15-17-13-10-12(16(20)21)7-8-14(13)18(15)11(2)6-4-9-19/h7-8,10-11,19H,3-6,9H2,1-2H3,(H,20,21). The first-order valence-corrected chi connectivity index (χ1v) is 7.43. The summed E-state index contributed by atoms with van der Waals surface area (Å²) >= 11 is 0. The Kier molecular flexibility index (Phi) is 4.96. The van der Waals surface area contributed by atoms with E-state index < -0.39 is 5.97 Å². The summed E-state index contributed by atoms with van der Waals surface area (Å²) in [7, 11) is 0. The van der Waals surface area contributed by atoms with E-state index in [0.29, 0.717) is 0 Å². The first-order chi connectivity index (χ1) is 10.1. The van der Waals surface area contributed by atoms with Gasteiger partial charge in [0.2, 0.25) is 0 Å². The average molecular weight is 290 g/mol. The smallest absolute Gasteiger partial charge is 0.335 e. The minimum Gasteiger partial charge on any atom is -0.478 e. The molecule has 1 unspecified atom stereocenters. The molecule has 1 heterocycles. The van der Waals surface area contributed by atoms with Crippen molar-refractivity contribution in [1.82, 2.24) is 9.55 Å². The minimum atomic E-state index is -0.933. The van der Waals surface area contributed by atoms with Crippen LogP contribution in [0.5, 0.6) is 0 Å². The van der Waals surface area contributed by atoms with Crippen LogP contribution in [0.1, 0.15) is 55.3 Å². The van der Waals surface area contributed by atoms with Crippen LogP contribution >= 0.6 is 0 Å². The summed E-state index contributed by atoms with van der Waals surface area (Å²) in [6.07, 6.45) is 3.47. The second-order valence-electron chi connectivity index (χ2n) is 5.37. The Morgan fingerprint density at radius 1 is 1.43 bits per heavy atom. The van der Waals surface area contributed by atoms with Gasteiger partial charge in [0.15, 0.2) is 0 Å². The van der Waals surface area contributed by atoms with Crippen molar-refractivity contribution in [2.45, 2.75) is 45.6 Å². The topological polar surface area (TPSA) is 75.3 Å². The Morgan fingerprint density at radius 3 is 2.81 bits per heavy atom. The number of benzene rings is 1. The number of aliphatic hydroxyl groups is 1. The Bertz CT molecular complexity index is 634. The van der Waals surface area contributed by atoms with E-state index in [1.54, 1.807) is 12.1 Å². The van der Waals surface area contributed by atoms with E-state index in [9.17, 15) is 4.79 Å². The van der Waals surface area contributed by atoms with Crippen LogP contribution in [0.25, 0.3) is 11.0 Å². The molecule has 21 heavy (non-hydrogen) atoms. The van der Waals surface area contributed by atoms with Gasteiger partial charge in [0.25, 0.3) is 0 Å². The molecule has 1 aromatic carbocycles. The third kappa shape index (κ3) is 3.24. The fraction of sp³-hybridized carbons (Fsp3) is 0.500. The van der Waals surface area contributed by atoms with Gasteiger partial charge in [0, 0.05) is 19.1 Å². The van der Waals surface area contributed by atoms with Gasteiger partial charge in [-0.15, -0.1) is 0 Å². The number of aliphatic hydroxyl groups excluding tert-OH is 1. The fourth-order valence-corrected chi connectivity index (χ4v) is 2.69. The summed E-state index contributed by atoms with van der Waals surface area (Å²) in [5.74, 6) is 0.0531. The maximum Gasteiger partial charge on any atom is 0.335 e. The lowest BCUT2D eigenvalue weighted by atomic mass is 10.1. The van der Waals surface area contributed by atoms with Crippen LogP contribution in [0.2, 0.25) is 0 Å². The van der Waals surface area contributed by atoms with Crippen LogP contribution in [-0.2, 0) is 6.42 Å². The van der Waals surface area contributed by atoms with Gasteiger partial charge in [-0.05, 0) is 44.4 Å². The lowest BCUT2D eigenvalue weighted by Gasteiger charge is -2.17. The van der Waals surface area contributed by atoms with Crippen LogP contribution in [0.4, 0.5) is 0 Å². The molecule has 5 nitrogen and oxygen atoms in total. The third-order valence-corrected chi connectivity index (χ3v) is 3.70. The Labute approximate surface area is 124 Å². The number of aryl methyl sites for hydroxylation is 1. The Hall–Kier alpha value is -1.88. The van der Waals surface area contributed by atoms with E-state index in [0.717, 1.165) is 42.5 Å². The third-order valence-electron chi connectivity index (χ3n) is 3.70. The summed E-state index contributed by atoms with van der Waals surface area (Å²) in [5.41, 5.74) is 1.96. The zero-order valence-electron chi connectivity index (χ0n) is 12.5. The van der Waals surface area contributed by atoms with Crippen LogP contribution in [0, 0.1) is 0 Å². The Balaban J connectivity index is 2.49. The second kappa shape index (κ2) is 6.72. The first-order valence-electron chi connectivity index (χ1n) is 7.43. The van der Waals surface area contributed by atoms with Crippen molar-refractivity contribution in [1.29, 1.82) is 0 Å². The molecular formula is C16H22N2O3. The number of hydrogen-bond acceptors (Lipinski definition) is 3. The summed E-state index contributed by atoms with van der Waals surface area (Å²) < 4.78 is 2.18. The van der Waals surface area contributed by atoms with E-state index >= 15 is 0 Å². The summed E-state index contributed by atoms with van der Waals surface area (Å²) in [5, 5.41) is 18.1. The van der Waals surface area contributed by atoms with Crippen LogP contribution in [0.3, 0.4) is 0 Å². The van der Waals surface area contributed by atoms with Crippen molar-refractivity contribution in [2.24, 2.45) is 0 Å². The predicted octanol–water partition coefficient (Wildman–Crippen LogP) is 3.02. The highest BCUT2D eigenvalue weighted by molar-refractivity contribution is 5.92. The molecule has 0 aliphatic carbocycles. The van der Waals surface area contributed by atoms with Gasteiger partial charge in [0.1, 0.15) is 5.82 Å². The molecule has 0 saturated carbocycles. The molecule has 0 spiro atoms. The molecule has 5 heteroatoms. The normalized spacial score (nSPS) is 12.7. The lowest BCUT2D eigenvalue weighted by molar-refractivity contribution is 0.0697. The number of carbonyl (C=O) groups is 1. The van der Waals surface area contributed by atoms with E-state index in [1.807, 2.05) is 6.07 Å². The number of imidazole rings is 1. The number of carboxylic acids is 1. The molecule has 2 N–H and O–H groups in total. The molecule has 114 valence electrons. The van der Waals surface area contributed by atoms with Crippen molar-refractivity contribution < 1.29 is 15.0 Å². The van der Waals surface area contributed by atoms with Gasteiger partial charge in [-0.2, -0.15) is 0 Å². The fourth-order valence-electron chi connectivity index (χ4n) is 2.69. The van der Waals surface area contributed by atoms with Gasteiger partial charge >= 0.3 is 5.97 Å². The molecule has 0 amide bonds. The van der Waals surface area contributed by atoms with Gasteiger partial charge < -0.3 is 14.8 Å². The molecule has 0 bridgehead atoms. The van der Waals surface area contributed by atoms with Gasteiger partial charge in [-0.3, -0.25) is 0 Å². The molecule has 0 fully saturated rings. The van der Waals surface area contributed by atoms with E-state index in [2.05, 4.69) is 23.4 Å². The number of aromatic carboxylic acids is 1. The van der Waals surface area contributed by atoms with Gasteiger partial charge in [-0.1, -0.05) is 6.92 Å². The highest BCUT2D eigenvalue weighted by Gasteiger charge is 2.16. The molecule has 2 rings (SSSR count). The van der Waals surface area contributed by atoms with Crippen molar-refractivity contribution in [3.05, 3.63) is 29.6 Å². The maximum absolute atomic E-state index is 11.1. The second-order valence-corrected chi connectivity index (χ2v) is 5.37. The van der Waals surface area contributed by atoms with Gasteiger partial charge in [-0.25, -0.2) is 9.78 Å². The highest BCUT2D eigenvalue weighted by atomic mass is 16.4. The predicted molar refractivity (Wildman–Crippen MR) is 81.7 cm³/mol. The summed E-state index contributed by atoms with van der Waals surface area (Å²) in [6, 6.07) is 5.32. The van der Waals surface area contributed by atoms with E-state index in [4.69, 9.17) is 10.2 Å². The lowest BCUT2D eigenvalue weighted by Crippen LogP contribution is -2.10. The van der Waals surface area contributed by atoms with Crippen molar-refractivity contribution in [3.8, 4) is 0 Å². The molecule has 0 radical (unpaired) electrons. The monoisotopic (exact) mass is 290 g/mol. The van der Waals surface area contributed by atoms with Crippen LogP contribution < -0.4 is 0 Å². The maximum atomic E-state index is 11.1. The van der Waals surface area contributed by atoms with Crippen molar-refractivity contribution in [3.63, 3.8) is 0 Å². The number of carboxylic acid groups (broad SMARTS) is 1. The van der Waals surface area contributed by atoms with E-state index in [-0.39, 0.29) is 18.2 Å². The molecule has 0 aliphatic heterocycles. The first kappa shape index (κ1) is 15.5. The van der Waals surface area contributed by atoms with Crippen molar-refractivity contribution >= 4 is 17.0 Å². The Morgan fingerprint density at radius 2 is 2.19 bits per heavy atom. The van der Waals surface area contributed by atoms with Crippen LogP contribution in [-0.4, -0.2) is 32.3 Å². The van der Waals surface area contributed by atoms with E-state index in [1.165, 1.54) is 0 Å². The molecule has 0 saturated heterocycles. The summed E-state index contributed by atoms with van der Waals surface area (Å²) in [6.45, 7) is 4.40. The SMILES string of the molecule is CCCc1nc2cc(C(=O)O)ccc2n1C(C)CCCO. The number of aromatic nitrogens is 2. The van der Waals surface area contributed by atoms with Gasteiger partial charge in [0.05, 0.1) is 16.6 Å². The number of hydrogen-bond donors (Lipinski definition) is 2. The largest absolute Gasteiger partial charge is 0.478 e. The minimum absolute atomic E-state index is 0.184. The molecule has 1 atom stereocenters. The quantitative estimate of drug-likeness (QED) is 0.822. The highest BCUT2D eigenvalue weighted by Crippen LogP contribution is 2.25. The van der Waals surface area contributed by atoms with Crippen molar-refractivity contribution in [2.75, 3.05) is 6.61 Å². The molecule has 0 aliphatic rings. The zero-order chi connectivity index (χ0) is 15.4. The number of fused-ring (bicyclic) bond motifs is 1. The van der Waals surface area contributed by atoms with Crippen LogP contribution in [0.15, 0.2) is 18.2 Å².